The Balaban J connectivity index is 2.47. The van der Waals surface area contributed by atoms with Gasteiger partial charge in [-0.15, -0.1) is 0 Å². The summed E-state index contributed by atoms with van der Waals surface area (Å²) in [5.41, 5.74) is 0.827. The van der Waals surface area contributed by atoms with E-state index in [-0.39, 0.29) is 12.5 Å². The Kier molecular flexibility index (Phi) is 6.49. The van der Waals surface area contributed by atoms with Crippen LogP contribution in [0, 0.1) is 5.92 Å². The molecule has 0 bridgehead atoms. The van der Waals surface area contributed by atoms with Crippen molar-refractivity contribution in [1.82, 2.24) is 10.3 Å². The smallest absolute Gasteiger partial charge is 0.408 e. The number of ether oxygens (including phenoxy) is 2. The average molecular weight is 280 g/mol. The maximum absolute atomic E-state index is 11.7. The highest BCUT2D eigenvalue weighted by atomic mass is 16.6. The van der Waals surface area contributed by atoms with Crippen LogP contribution in [0.25, 0.3) is 0 Å². The predicted octanol–water partition coefficient (Wildman–Crippen LogP) is 1.90. The lowest BCUT2D eigenvalue weighted by Gasteiger charge is -2.18. The van der Waals surface area contributed by atoms with Gasteiger partial charge >= 0.3 is 12.1 Å². The zero-order valence-corrected chi connectivity index (χ0v) is 12.0. The van der Waals surface area contributed by atoms with Gasteiger partial charge in [-0.1, -0.05) is 13.8 Å². The molecule has 0 spiro atoms. The maximum atomic E-state index is 11.7. The van der Waals surface area contributed by atoms with E-state index in [1.807, 2.05) is 13.8 Å². The lowest BCUT2D eigenvalue weighted by molar-refractivity contribution is -0.143. The second kappa shape index (κ2) is 8.14. The van der Waals surface area contributed by atoms with Gasteiger partial charge < -0.3 is 14.8 Å². The minimum absolute atomic E-state index is 0.129. The number of hydrogen-bond donors (Lipinski definition) is 1. The molecule has 20 heavy (non-hydrogen) atoms. The van der Waals surface area contributed by atoms with Crippen molar-refractivity contribution in [2.24, 2.45) is 5.92 Å². The number of nitrogens with zero attached hydrogens (tertiary/aromatic N) is 1. The molecule has 1 N–H and O–H groups in total. The monoisotopic (exact) mass is 280 g/mol. The molecule has 0 radical (unpaired) electrons. The first kappa shape index (κ1) is 15.9. The number of aromatic nitrogens is 1. The van der Waals surface area contributed by atoms with Crippen LogP contribution in [0.3, 0.4) is 0 Å². The van der Waals surface area contributed by atoms with Crippen LogP contribution in [0.15, 0.2) is 24.5 Å². The first-order valence-electron chi connectivity index (χ1n) is 6.43. The Labute approximate surface area is 118 Å². The number of carbonyl (C=O) groups is 2. The molecular formula is C14H20N2O4. The molecule has 1 heterocycles. The predicted molar refractivity (Wildman–Crippen MR) is 72.8 cm³/mol. The Bertz CT molecular complexity index is 434. The van der Waals surface area contributed by atoms with Crippen molar-refractivity contribution in [1.29, 1.82) is 0 Å². The highest BCUT2D eigenvalue weighted by Gasteiger charge is 2.23. The number of methoxy groups -OCH3 is 1. The fourth-order valence-corrected chi connectivity index (χ4v) is 1.64. The molecule has 0 aromatic carbocycles. The fraction of sp³-hybridized carbons (Fsp3) is 0.500. The van der Waals surface area contributed by atoms with Gasteiger partial charge in [0.2, 0.25) is 0 Å². The molecule has 1 aromatic heterocycles. The highest BCUT2D eigenvalue weighted by molar-refractivity contribution is 5.81. The first-order chi connectivity index (χ1) is 9.52. The van der Waals surface area contributed by atoms with E-state index in [1.54, 1.807) is 24.5 Å². The quantitative estimate of drug-likeness (QED) is 0.805. The molecule has 0 fully saturated rings. The van der Waals surface area contributed by atoms with Gasteiger partial charge in [0.05, 0.1) is 7.11 Å². The summed E-state index contributed by atoms with van der Waals surface area (Å²) in [5.74, 6) is -0.223. The summed E-state index contributed by atoms with van der Waals surface area (Å²) in [6, 6.07) is 2.81. The molecule has 1 amide bonds. The second-order valence-electron chi connectivity index (χ2n) is 4.78. The number of carbonyl (C=O) groups excluding carboxylic acids is 2. The summed E-state index contributed by atoms with van der Waals surface area (Å²) in [4.78, 5) is 27.1. The maximum Gasteiger partial charge on any atom is 0.408 e. The van der Waals surface area contributed by atoms with Crippen molar-refractivity contribution >= 4 is 12.1 Å². The number of alkyl carbamates (subject to hydrolysis) is 1. The third kappa shape index (κ3) is 5.69. The molecule has 0 aliphatic carbocycles. The lowest BCUT2D eigenvalue weighted by Crippen LogP contribution is -2.42. The van der Waals surface area contributed by atoms with E-state index in [9.17, 15) is 9.59 Å². The minimum Gasteiger partial charge on any atom is -0.467 e. The van der Waals surface area contributed by atoms with E-state index in [4.69, 9.17) is 4.74 Å². The molecule has 0 aliphatic heterocycles. The van der Waals surface area contributed by atoms with Crippen LogP contribution in [0.4, 0.5) is 4.79 Å². The van der Waals surface area contributed by atoms with Gasteiger partial charge in [0, 0.05) is 12.4 Å². The third-order valence-electron chi connectivity index (χ3n) is 2.60. The summed E-state index contributed by atoms with van der Waals surface area (Å²) < 4.78 is 9.71. The SMILES string of the molecule is COC(=O)C(CC(C)C)NC(=O)OCc1ccncc1. The molecule has 1 aromatic rings. The van der Waals surface area contributed by atoms with Gasteiger partial charge in [0.1, 0.15) is 12.6 Å². The Morgan fingerprint density at radius 1 is 1.30 bits per heavy atom. The van der Waals surface area contributed by atoms with Crippen molar-refractivity contribution in [2.45, 2.75) is 32.9 Å². The van der Waals surface area contributed by atoms with Crippen molar-refractivity contribution in [3.63, 3.8) is 0 Å². The fourth-order valence-electron chi connectivity index (χ4n) is 1.64. The van der Waals surface area contributed by atoms with Crippen LogP contribution in [0.2, 0.25) is 0 Å². The van der Waals surface area contributed by atoms with Crippen molar-refractivity contribution in [3.05, 3.63) is 30.1 Å². The summed E-state index contributed by atoms with van der Waals surface area (Å²) >= 11 is 0. The third-order valence-corrected chi connectivity index (χ3v) is 2.60. The molecule has 6 heteroatoms. The molecule has 110 valence electrons. The standard InChI is InChI=1S/C14H20N2O4/c1-10(2)8-12(13(17)19-3)16-14(18)20-9-11-4-6-15-7-5-11/h4-7,10,12H,8-9H2,1-3H3,(H,16,18). The first-order valence-corrected chi connectivity index (χ1v) is 6.43. The lowest BCUT2D eigenvalue weighted by atomic mass is 10.0. The van der Waals surface area contributed by atoms with Crippen molar-refractivity contribution < 1.29 is 19.1 Å². The molecule has 1 rings (SSSR count). The summed E-state index contributed by atoms with van der Waals surface area (Å²) in [5, 5.41) is 2.52. The van der Waals surface area contributed by atoms with Crippen LogP contribution in [-0.2, 0) is 20.9 Å². The molecule has 1 unspecified atom stereocenters. The summed E-state index contributed by atoms with van der Waals surface area (Å²) in [6.07, 6.45) is 3.09. The number of pyridine rings is 1. The van der Waals surface area contributed by atoms with Crippen molar-refractivity contribution in [3.8, 4) is 0 Å². The zero-order chi connectivity index (χ0) is 15.0. The number of amides is 1. The summed E-state index contributed by atoms with van der Waals surface area (Å²) in [7, 11) is 1.29. The normalized spacial score (nSPS) is 11.8. The number of rotatable bonds is 6. The van der Waals surface area contributed by atoms with E-state index < -0.39 is 18.1 Å². The van der Waals surface area contributed by atoms with Gasteiger partial charge in [-0.25, -0.2) is 9.59 Å². The van der Waals surface area contributed by atoms with E-state index in [0.29, 0.717) is 6.42 Å². The van der Waals surface area contributed by atoms with Crippen molar-refractivity contribution in [2.75, 3.05) is 7.11 Å². The highest BCUT2D eigenvalue weighted by Crippen LogP contribution is 2.07. The number of nitrogens with one attached hydrogen (secondary N) is 1. The minimum atomic E-state index is -0.690. The topological polar surface area (TPSA) is 77.5 Å². The van der Waals surface area contributed by atoms with Gasteiger partial charge in [0.25, 0.3) is 0 Å². The second-order valence-corrected chi connectivity index (χ2v) is 4.78. The molecule has 0 saturated carbocycles. The van der Waals surface area contributed by atoms with Crippen LogP contribution >= 0.6 is 0 Å². The van der Waals surface area contributed by atoms with Gasteiger partial charge in [-0.3, -0.25) is 4.98 Å². The average Bonchev–Trinajstić information content (AvgIpc) is 2.44. The number of hydrogen-bond acceptors (Lipinski definition) is 5. The van der Waals surface area contributed by atoms with E-state index >= 15 is 0 Å². The van der Waals surface area contributed by atoms with Crippen LogP contribution in [0.1, 0.15) is 25.8 Å². The van der Waals surface area contributed by atoms with Crippen LogP contribution < -0.4 is 5.32 Å². The van der Waals surface area contributed by atoms with E-state index in [1.165, 1.54) is 7.11 Å². The van der Waals surface area contributed by atoms with Crippen LogP contribution in [0.5, 0.6) is 0 Å². The Morgan fingerprint density at radius 2 is 1.95 bits per heavy atom. The molecule has 6 nitrogen and oxygen atoms in total. The largest absolute Gasteiger partial charge is 0.467 e. The summed E-state index contributed by atoms with van der Waals surface area (Å²) in [6.45, 7) is 4.05. The zero-order valence-electron chi connectivity index (χ0n) is 12.0. The molecular weight excluding hydrogens is 260 g/mol. The van der Waals surface area contributed by atoms with Gasteiger partial charge in [-0.2, -0.15) is 0 Å². The number of esters is 1. The van der Waals surface area contributed by atoms with E-state index in [2.05, 4.69) is 15.0 Å². The molecule has 0 saturated heterocycles. The Morgan fingerprint density at radius 3 is 2.50 bits per heavy atom. The van der Waals surface area contributed by atoms with Gasteiger partial charge in [0.15, 0.2) is 0 Å². The molecule has 1 atom stereocenters. The Hall–Kier alpha value is -2.11. The molecule has 0 aliphatic rings. The van der Waals surface area contributed by atoms with Crippen LogP contribution in [-0.4, -0.2) is 30.2 Å². The van der Waals surface area contributed by atoms with Gasteiger partial charge in [-0.05, 0) is 30.0 Å². The van der Waals surface area contributed by atoms with E-state index in [0.717, 1.165) is 5.56 Å².